The highest BCUT2D eigenvalue weighted by Crippen LogP contribution is 2.12. The van der Waals surface area contributed by atoms with Crippen molar-refractivity contribution < 1.29 is 14.6 Å². The highest BCUT2D eigenvalue weighted by atomic mass is 16.6. The third kappa shape index (κ3) is 8.65. The van der Waals surface area contributed by atoms with Crippen LogP contribution in [0.2, 0.25) is 0 Å². The predicted octanol–water partition coefficient (Wildman–Crippen LogP) is 3.11. The number of hydrogen-bond donors (Lipinski definition) is 2. The largest absolute Gasteiger partial charge is 0.444 e. The molecule has 2 N–H and O–H groups in total. The highest BCUT2D eigenvalue weighted by Gasteiger charge is 2.25. The molecular formula is C15H29NO3. The Labute approximate surface area is 117 Å². The SMILES string of the molecule is CC(C)/C=C/[C@@H](O)[C@@H](NC(=O)OC(C)(C)C)C(C)C. The summed E-state index contributed by atoms with van der Waals surface area (Å²) in [5.41, 5.74) is -0.537. The van der Waals surface area contributed by atoms with Crippen LogP contribution in [0, 0.1) is 11.8 Å². The molecule has 0 radical (unpaired) electrons. The standard InChI is InChI=1S/C15H29NO3/c1-10(2)8-9-12(17)13(11(3)4)16-14(18)19-15(5,6)7/h8-13,17H,1-7H3,(H,16,18)/b9-8+/t12-,13+/m1/s1. The number of carbonyl (C=O) groups is 1. The third-order valence-corrected chi connectivity index (χ3v) is 2.46. The summed E-state index contributed by atoms with van der Waals surface area (Å²) in [6.07, 6.45) is 2.45. The van der Waals surface area contributed by atoms with Crippen LogP contribution in [0.5, 0.6) is 0 Å². The molecule has 0 aliphatic carbocycles. The number of aliphatic hydroxyl groups is 1. The zero-order chi connectivity index (χ0) is 15.2. The van der Waals surface area contributed by atoms with E-state index in [0.29, 0.717) is 5.92 Å². The number of carbonyl (C=O) groups excluding carboxylic acids is 1. The van der Waals surface area contributed by atoms with Gasteiger partial charge < -0.3 is 15.2 Å². The van der Waals surface area contributed by atoms with E-state index in [-0.39, 0.29) is 12.0 Å². The first-order chi connectivity index (χ1) is 8.53. The Morgan fingerprint density at radius 3 is 2.05 bits per heavy atom. The van der Waals surface area contributed by atoms with Gasteiger partial charge in [-0.15, -0.1) is 0 Å². The van der Waals surface area contributed by atoms with Gasteiger partial charge >= 0.3 is 6.09 Å². The fraction of sp³-hybridized carbons (Fsp3) is 0.800. The number of nitrogens with one attached hydrogen (secondary N) is 1. The number of alkyl carbamates (subject to hydrolysis) is 1. The van der Waals surface area contributed by atoms with Crippen LogP contribution in [0.4, 0.5) is 4.79 Å². The fourth-order valence-electron chi connectivity index (χ4n) is 1.55. The lowest BCUT2D eigenvalue weighted by Gasteiger charge is -2.28. The molecule has 0 aliphatic heterocycles. The van der Waals surface area contributed by atoms with Crippen molar-refractivity contribution >= 4 is 6.09 Å². The quantitative estimate of drug-likeness (QED) is 0.755. The van der Waals surface area contributed by atoms with Crippen molar-refractivity contribution in [2.45, 2.75) is 66.2 Å². The number of allylic oxidation sites excluding steroid dienone is 1. The first kappa shape index (κ1) is 18.0. The van der Waals surface area contributed by atoms with Crippen LogP contribution < -0.4 is 5.32 Å². The molecule has 4 nitrogen and oxygen atoms in total. The van der Waals surface area contributed by atoms with Crippen molar-refractivity contribution in [3.63, 3.8) is 0 Å². The molecule has 0 saturated carbocycles. The van der Waals surface area contributed by atoms with E-state index in [9.17, 15) is 9.90 Å². The fourth-order valence-corrected chi connectivity index (χ4v) is 1.55. The third-order valence-electron chi connectivity index (χ3n) is 2.46. The molecule has 0 aromatic heterocycles. The van der Waals surface area contributed by atoms with Crippen LogP contribution in [0.3, 0.4) is 0 Å². The molecule has 2 atom stereocenters. The van der Waals surface area contributed by atoms with E-state index in [1.54, 1.807) is 6.08 Å². The van der Waals surface area contributed by atoms with Crippen molar-refractivity contribution in [2.24, 2.45) is 11.8 Å². The summed E-state index contributed by atoms with van der Waals surface area (Å²) < 4.78 is 5.21. The zero-order valence-corrected chi connectivity index (χ0v) is 13.2. The number of hydrogen-bond acceptors (Lipinski definition) is 3. The molecule has 112 valence electrons. The van der Waals surface area contributed by atoms with E-state index in [4.69, 9.17) is 4.74 Å². The maximum atomic E-state index is 11.7. The minimum atomic E-state index is -0.713. The van der Waals surface area contributed by atoms with Gasteiger partial charge in [-0.3, -0.25) is 0 Å². The summed E-state index contributed by atoms with van der Waals surface area (Å²) in [7, 11) is 0. The maximum Gasteiger partial charge on any atom is 0.407 e. The number of ether oxygens (including phenoxy) is 1. The monoisotopic (exact) mass is 271 g/mol. The summed E-state index contributed by atoms with van der Waals surface area (Å²) in [5.74, 6) is 0.475. The lowest BCUT2D eigenvalue weighted by atomic mass is 9.97. The smallest absolute Gasteiger partial charge is 0.407 e. The van der Waals surface area contributed by atoms with Gasteiger partial charge in [-0.2, -0.15) is 0 Å². The average Bonchev–Trinajstić information content (AvgIpc) is 2.19. The molecule has 0 bridgehead atoms. The zero-order valence-electron chi connectivity index (χ0n) is 13.2. The van der Waals surface area contributed by atoms with Crippen LogP contribution >= 0.6 is 0 Å². The van der Waals surface area contributed by atoms with Crippen molar-refractivity contribution in [3.05, 3.63) is 12.2 Å². The van der Waals surface area contributed by atoms with Gasteiger partial charge in [-0.05, 0) is 32.6 Å². The Kier molecular flexibility index (Phi) is 7.12. The first-order valence-electron chi connectivity index (χ1n) is 6.89. The van der Waals surface area contributed by atoms with Gasteiger partial charge in [0.25, 0.3) is 0 Å². The van der Waals surface area contributed by atoms with E-state index in [2.05, 4.69) is 5.32 Å². The van der Waals surface area contributed by atoms with E-state index in [1.165, 1.54) is 0 Å². The van der Waals surface area contributed by atoms with Gasteiger partial charge in [0.2, 0.25) is 0 Å². The Bertz CT molecular complexity index is 303. The van der Waals surface area contributed by atoms with Crippen LogP contribution in [0.1, 0.15) is 48.5 Å². The van der Waals surface area contributed by atoms with Gasteiger partial charge in [0.1, 0.15) is 5.60 Å². The van der Waals surface area contributed by atoms with Gasteiger partial charge in [0.05, 0.1) is 12.1 Å². The molecule has 0 rings (SSSR count). The summed E-state index contributed by atoms with van der Waals surface area (Å²) >= 11 is 0. The Morgan fingerprint density at radius 2 is 1.68 bits per heavy atom. The van der Waals surface area contributed by atoms with Gasteiger partial charge in [-0.1, -0.05) is 39.8 Å². The summed E-state index contributed by atoms with van der Waals surface area (Å²) in [6, 6.07) is -0.357. The molecule has 0 aliphatic rings. The van der Waals surface area contributed by atoms with Crippen molar-refractivity contribution in [1.82, 2.24) is 5.32 Å². The molecule has 0 fully saturated rings. The molecule has 4 heteroatoms. The Morgan fingerprint density at radius 1 is 1.16 bits per heavy atom. The second-order valence-electron chi connectivity index (χ2n) is 6.54. The molecule has 0 unspecified atom stereocenters. The molecule has 0 aromatic rings. The lowest BCUT2D eigenvalue weighted by Crippen LogP contribution is -2.47. The molecule has 1 amide bonds. The molecule has 0 spiro atoms. The lowest BCUT2D eigenvalue weighted by molar-refractivity contribution is 0.0423. The van der Waals surface area contributed by atoms with Crippen LogP contribution in [-0.4, -0.2) is 28.9 Å². The van der Waals surface area contributed by atoms with Gasteiger partial charge in [0.15, 0.2) is 0 Å². The Hall–Kier alpha value is -1.03. The predicted molar refractivity (Wildman–Crippen MR) is 78.0 cm³/mol. The normalized spacial score (nSPS) is 15.9. The minimum absolute atomic E-state index is 0.110. The van der Waals surface area contributed by atoms with E-state index < -0.39 is 17.8 Å². The average molecular weight is 271 g/mol. The van der Waals surface area contributed by atoms with Gasteiger partial charge in [-0.25, -0.2) is 4.79 Å². The number of aliphatic hydroxyl groups excluding tert-OH is 1. The topological polar surface area (TPSA) is 58.6 Å². The number of amides is 1. The summed E-state index contributed by atoms with van der Waals surface area (Å²) in [4.78, 5) is 11.7. The maximum absolute atomic E-state index is 11.7. The second kappa shape index (κ2) is 7.53. The van der Waals surface area contributed by atoms with E-state index >= 15 is 0 Å². The van der Waals surface area contributed by atoms with E-state index in [1.807, 2.05) is 54.5 Å². The number of rotatable bonds is 5. The summed E-state index contributed by atoms with van der Waals surface area (Å²) in [5, 5.41) is 12.9. The summed E-state index contributed by atoms with van der Waals surface area (Å²) in [6.45, 7) is 13.4. The van der Waals surface area contributed by atoms with Crippen LogP contribution in [0.15, 0.2) is 12.2 Å². The van der Waals surface area contributed by atoms with Crippen molar-refractivity contribution in [2.75, 3.05) is 0 Å². The van der Waals surface area contributed by atoms with Gasteiger partial charge in [0, 0.05) is 0 Å². The second-order valence-corrected chi connectivity index (χ2v) is 6.54. The molecule has 19 heavy (non-hydrogen) atoms. The molecule has 0 heterocycles. The Balaban J connectivity index is 4.62. The van der Waals surface area contributed by atoms with Crippen molar-refractivity contribution in [3.8, 4) is 0 Å². The minimum Gasteiger partial charge on any atom is -0.444 e. The van der Waals surface area contributed by atoms with Crippen LogP contribution in [-0.2, 0) is 4.74 Å². The van der Waals surface area contributed by atoms with E-state index in [0.717, 1.165) is 0 Å². The van der Waals surface area contributed by atoms with Crippen molar-refractivity contribution in [1.29, 1.82) is 0 Å². The highest BCUT2D eigenvalue weighted by molar-refractivity contribution is 5.68. The molecule has 0 aromatic carbocycles. The first-order valence-corrected chi connectivity index (χ1v) is 6.89. The molecule has 0 saturated heterocycles. The molecular weight excluding hydrogens is 242 g/mol. The van der Waals surface area contributed by atoms with Crippen LogP contribution in [0.25, 0.3) is 0 Å².